The molecule has 0 heterocycles. The Morgan fingerprint density at radius 2 is 1.71 bits per heavy atom. The summed E-state index contributed by atoms with van der Waals surface area (Å²) in [5.41, 5.74) is 2.68. The second kappa shape index (κ2) is 4.36. The first-order chi connectivity index (χ1) is 6.57. The highest BCUT2D eigenvalue weighted by Gasteiger charge is 2.11. The molecule has 78 valence electrons. The van der Waals surface area contributed by atoms with Gasteiger partial charge in [-0.15, -0.1) is 0 Å². The molecule has 0 aromatic heterocycles. The first-order valence-electron chi connectivity index (χ1n) is 5.09. The largest absolute Gasteiger partial charge is 0.504 e. The van der Waals surface area contributed by atoms with Crippen LogP contribution in [0.2, 0.25) is 0 Å². The molecule has 0 aliphatic carbocycles. The zero-order valence-corrected chi connectivity index (χ0v) is 9.09. The minimum absolute atomic E-state index is 0.0294. The van der Waals surface area contributed by atoms with Crippen molar-refractivity contribution in [2.24, 2.45) is 0 Å². The zero-order valence-electron chi connectivity index (χ0n) is 9.09. The third kappa shape index (κ3) is 2.00. The molecule has 0 amide bonds. The summed E-state index contributed by atoms with van der Waals surface area (Å²) >= 11 is 0. The highest BCUT2D eigenvalue weighted by atomic mass is 16.3. The molecule has 0 saturated carbocycles. The lowest BCUT2D eigenvalue weighted by Crippen LogP contribution is -1.92. The van der Waals surface area contributed by atoms with Gasteiger partial charge in [-0.25, -0.2) is 0 Å². The minimum Gasteiger partial charge on any atom is -0.504 e. The summed E-state index contributed by atoms with van der Waals surface area (Å²) in [6, 6.07) is 1.92. The number of aryl methyl sites for hydroxylation is 2. The van der Waals surface area contributed by atoms with Crippen LogP contribution in [0.25, 0.3) is 0 Å². The molecule has 2 nitrogen and oxygen atoms in total. The van der Waals surface area contributed by atoms with Crippen LogP contribution in [0.5, 0.6) is 11.5 Å². The van der Waals surface area contributed by atoms with Gasteiger partial charge in [0, 0.05) is 5.56 Å². The SMILES string of the molecule is CCCCc1c(C)cc(C)c(O)c1O. The molecule has 0 saturated heterocycles. The van der Waals surface area contributed by atoms with Crippen LogP contribution in [0.15, 0.2) is 6.07 Å². The standard InChI is InChI=1S/C12H18O2/c1-4-5-6-10-8(2)7-9(3)11(13)12(10)14/h7,13-14H,4-6H2,1-3H3. The van der Waals surface area contributed by atoms with Crippen LogP contribution in [-0.2, 0) is 6.42 Å². The van der Waals surface area contributed by atoms with Gasteiger partial charge in [0.05, 0.1) is 0 Å². The predicted octanol–water partition coefficient (Wildman–Crippen LogP) is 3.06. The van der Waals surface area contributed by atoms with E-state index in [9.17, 15) is 10.2 Å². The monoisotopic (exact) mass is 194 g/mol. The molecule has 0 fully saturated rings. The number of aromatic hydroxyl groups is 2. The molecule has 1 aromatic rings. The Balaban J connectivity index is 3.09. The predicted molar refractivity (Wildman–Crippen MR) is 57.9 cm³/mol. The smallest absolute Gasteiger partial charge is 0.161 e. The van der Waals surface area contributed by atoms with Crippen molar-refractivity contribution < 1.29 is 10.2 Å². The van der Waals surface area contributed by atoms with Crippen molar-refractivity contribution in [3.63, 3.8) is 0 Å². The molecule has 14 heavy (non-hydrogen) atoms. The van der Waals surface area contributed by atoms with E-state index in [-0.39, 0.29) is 11.5 Å². The average Bonchev–Trinajstić information content (AvgIpc) is 2.14. The maximum Gasteiger partial charge on any atom is 0.161 e. The van der Waals surface area contributed by atoms with E-state index in [0.29, 0.717) is 0 Å². The lowest BCUT2D eigenvalue weighted by molar-refractivity contribution is 0.395. The van der Waals surface area contributed by atoms with Gasteiger partial charge in [0.25, 0.3) is 0 Å². The fourth-order valence-electron chi connectivity index (χ4n) is 1.67. The van der Waals surface area contributed by atoms with Crippen molar-refractivity contribution in [1.82, 2.24) is 0 Å². The minimum atomic E-state index is 0.0294. The third-order valence-corrected chi connectivity index (χ3v) is 2.57. The Kier molecular flexibility index (Phi) is 3.39. The lowest BCUT2D eigenvalue weighted by Gasteiger charge is -2.11. The van der Waals surface area contributed by atoms with Gasteiger partial charge in [-0.3, -0.25) is 0 Å². The van der Waals surface area contributed by atoms with Crippen LogP contribution in [-0.4, -0.2) is 10.2 Å². The summed E-state index contributed by atoms with van der Waals surface area (Å²) in [6.07, 6.45) is 2.96. The Bertz CT molecular complexity index is 330. The van der Waals surface area contributed by atoms with Gasteiger partial charge in [-0.1, -0.05) is 19.4 Å². The van der Waals surface area contributed by atoms with Crippen LogP contribution in [0.4, 0.5) is 0 Å². The van der Waals surface area contributed by atoms with Crippen molar-refractivity contribution in [1.29, 1.82) is 0 Å². The Labute approximate surface area is 85.2 Å². The Morgan fingerprint density at radius 1 is 1.07 bits per heavy atom. The molecular weight excluding hydrogens is 176 g/mol. The second-order valence-corrected chi connectivity index (χ2v) is 3.79. The van der Waals surface area contributed by atoms with Crippen LogP contribution in [0.3, 0.4) is 0 Å². The number of hydrogen-bond acceptors (Lipinski definition) is 2. The summed E-state index contributed by atoms with van der Waals surface area (Å²) in [5, 5.41) is 19.3. The molecule has 0 bridgehead atoms. The Morgan fingerprint density at radius 3 is 2.29 bits per heavy atom. The van der Waals surface area contributed by atoms with Crippen LogP contribution >= 0.6 is 0 Å². The number of phenolic OH excluding ortho intramolecular Hbond substituents is 2. The number of rotatable bonds is 3. The molecule has 0 aliphatic heterocycles. The maximum atomic E-state index is 9.74. The fourth-order valence-corrected chi connectivity index (χ4v) is 1.67. The molecule has 0 spiro atoms. The molecular formula is C12H18O2. The molecule has 2 heteroatoms. The second-order valence-electron chi connectivity index (χ2n) is 3.79. The van der Waals surface area contributed by atoms with Crippen molar-refractivity contribution in [2.45, 2.75) is 40.0 Å². The van der Waals surface area contributed by atoms with Gasteiger partial charge in [0.2, 0.25) is 0 Å². The molecule has 0 atom stereocenters. The summed E-state index contributed by atoms with van der Waals surface area (Å²) in [4.78, 5) is 0. The zero-order chi connectivity index (χ0) is 10.7. The van der Waals surface area contributed by atoms with E-state index in [4.69, 9.17) is 0 Å². The van der Waals surface area contributed by atoms with Crippen LogP contribution in [0.1, 0.15) is 36.5 Å². The van der Waals surface area contributed by atoms with E-state index in [1.165, 1.54) is 0 Å². The number of phenols is 2. The first kappa shape index (κ1) is 10.9. The molecule has 0 radical (unpaired) electrons. The van der Waals surface area contributed by atoms with E-state index in [0.717, 1.165) is 36.0 Å². The van der Waals surface area contributed by atoms with Gasteiger partial charge in [-0.2, -0.15) is 0 Å². The van der Waals surface area contributed by atoms with Gasteiger partial charge in [0.1, 0.15) is 0 Å². The van der Waals surface area contributed by atoms with Crippen LogP contribution < -0.4 is 0 Å². The van der Waals surface area contributed by atoms with Crippen molar-refractivity contribution >= 4 is 0 Å². The van der Waals surface area contributed by atoms with Gasteiger partial charge >= 0.3 is 0 Å². The van der Waals surface area contributed by atoms with Crippen molar-refractivity contribution in [3.05, 3.63) is 22.8 Å². The van der Waals surface area contributed by atoms with E-state index >= 15 is 0 Å². The number of hydrogen-bond donors (Lipinski definition) is 2. The maximum absolute atomic E-state index is 9.74. The van der Waals surface area contributed by atoms with Gasteiger partial charge in [0.15, 0.2) is 11.5 Å². The Hall–Kier alpha value is -1.18. The summed E-state index contributed by atoms with van der Waals surface area (Å²) in [7, 11) is 0. The third-order valence-electron chi connectivity index (χ3n) is 2.57. The quantitative estimate of drug-likeness (QED) is 0.726. The van der Waals surface area contributed by atoms with E-state index in [1.54, 1.807) is 6.92 Å². The lowest BCUT2D eigenvalue weighted by atomic mass is 9.99. The average molecular weight is 194 g/mol. The topological polar surface area (TPSA) is 40.5 Å². The van der Waals surface area contributed by atoms with Crippen molar-refractivity contribution in [3.8, 4) is 11.5 Å². The summed E-state index contributed by atoms with van der Waals surface area (Å²) in [5.74, 6) is 0.0950. The van der Waals surface area contributed by atoms with E-state index in [1.807, 2.05) is 13.0 Å². The van der Waals surface area contributed by atoms with Crippen LogP contribution in [0, 0.1) is 13.8 Å². The molecule has 0 unspecified atom stereocenters. The van der Waals surface area contributed by atoms with Crippen molar-refractivity contribution in [2.75, 3.05) is 0 Å². The van der Waals surface area contributed by atoms with Gasteiger partial charge < -0.3 is 10.2 Å². The fraction of sp³-hybridized carbons (Fsp3) is 0.500. The highest BCUT2D eigenvalue weighted by molar-refractivity contribution is 5.53. The normalized spacial score (nSPS) is 10.5. The molecule has 1 aromatic carbocycles. The van der Waals surface area contributed by atoms with Gasteiger partial charge in [-0.05, 0) is 37.8 Å². The van der Waals surface area contributed by atoms with E-state index < -0.39 is 0 Å². The van der Waals surface area contributed by atoms with E-state index in [2.05, 4.69) is 6.92 Å². The molecule has 1 rings (SSSR count). The molecule has 2 N–H and O–H groups in total. The summed E-state index contributed by atoms with van der Waals surface area (Å²) in [6.45, 7) is 5.88. The summed E-state index contributed by atoms with van der Waals surface area (Å²) < 4.78 is 0. The number of benzene rings is 1. The highest BCUT2D eigenvalue weighted by Crippen LogP contribution is 2.35. The first-order valence-corrected chi connectivity index (χ1v) is 5.09. The number of unbranched alkanes of at least 4 members (excludes halogenated alkanes) is 1. The molecule has 0 aliphatic rings.